The summed E-state index contributed by atoms with van der Waals surface area (Å²) in [4.78, 5) is 4.17. The maximum Gasteiger partial charge on any atom is 0.0346 e. The van der Waals surface area contributed by atoms with Gasteiger partial charge in [0.25, 0.3) is 0 Å². The number of hydrogen-bond donors (Lipinski definition) is 1. The van der Waals surface area contributed by atoms with E-state index in [1.807, 2.05) is 12.4 Å². The van der Waals surface area contributed by atoms with Crippen LogP contribution < -0.4 is 5.32 Å². The molecule has 3 rings (SSSR count). The predicted octanol–water partition coefficient (Wildman–Crippen LogP) is 2.39. The molecule has 2 heterocycles. The lowest BCUT2D eigenvalue weighted by Gasteiger charge is -2.10. The van der Waals surface area contributed by atoms with Crippen molar-refractivity contribution in [2.45, 2.75) is 12.8 Å². The quantitative estimate of drug-likeness (QED) is 0.826. The van der Waals surface area contributed by atoms with Crippen molar-refractivity contribution in [3.63, 3.8) is 0 Å². The fraction of sp³-hybridized carbons (Fsp3) is 0.357. The number of aromatic nitrogens is 1. The first-order chi connectivity index (χ1) is 7.93. The van der Waals surface area contributed by atoms with Gasteiger partial charge in [0.1, 0.15) is 0 Å². The Kier molecular flexibility index (Phi) is 2.58. The topological polar surface area (TPSA) is 24.9 Å². The number of benzene rings is 1. The van der Waals surface area contributed by atoms with Gasteiger partial charge < -0.3 is 5.32 Å². The van der Waals surface area contributed by atoms with E-state index >= 15 is 0 Å². The molecule has 2 heteroatoms. The van der Waals surface area contributed by atoms with Crippen LogP contribution in [0.5, 0.6) is 0 Å². The minimum absolute atomic E-state index is 0.804. The average molecular weight is 212 g/mol. The summed E-state index contributed by atoms with van der Waals surface area (Å²) < 4.78 is 0. The molecule has 1 aromatic heterocycles. The van der Waals surface area contributed by atoms with Crippen LogP contribution in [0.3, 0.4) is 0 Å². The Morgan fingerprint density at radius 3 is 3.19 bits per heavy atom. The summed E-state index contributed by atoms with van der Waals surface area (Å²) >= 11 is 0. The molecule has 1 aromatic carbocycles. The zero-order valence-corrected chi connectivity index (χ0v) is 9.32. The molecule has 1 aliphatic heterocycles. The third-order valence-corrected chi connectivity index (χ3v) is 3.44. The van der Waals surface area contributed by atoms with Gasteiger partial charge in [-0.25, -0.2) is 0 Å². The highest BCUT2D eigenvalue weighted by molar-refractivity contribution is 5.84. The second kappa shape index (κ2) is 4.22. The molecule has 0 bridgehead atoms. The summed E-state index contributed by atoms with van der Waals surface area (Å²) in [6.45, 7) is 2.35. The molecular formula is C14H16N2. The molecule has 1 unspecified atom stereocenters. The first-order valence-electron chi connectivity index (χ1n) is 5.96. The molecule has 0 radical (unpaired) electrons. The smallest absolute Gasteiger partial charge is 0.0346 e. The van der Waals surface area contributed by atoms with Crippen LogP contribution in [0.1, 0.15) is 12.0 Å². The predicted molar refractivity (Wildman–Crippen MR) is 66.4 cm³/mol. The van der Waals surface area contributed by atoms with Crippen molar-refractivity contribution < 1.29 is 0 Å². The van der Waals surface area contributed by atoms with Gasteiger partial charge in [0.2, 0.25) is 0 Å². The lowest BCUT2D eigenvalue weighted by atomic mass is 9.95. The van der Waals surface area contributed by atoms with E-state index in [-0.39, 0.29) is 0 Å². The van der Waals surface area contributed by atoms with Crippen LogP contribution in [-0.2, 0) is 6.42 Å². The van der Waals surface area contributed by atoms with E-state index in [2.05, 4.69) is 34.6 Å². The lowest BCUT2D eigenvalue weighted by molar-refractivity contribution is 0.582. The highest BCUT2D eigenvalue weighted by Gasteiger charge is 2.15. The van der Waals surface area contributed by atoms with E-state index in [4.69, 9.17) is 0 Å². The van der Waals surface area contributed by atoms with Crippen LogP contribution in [0.25, 0.3) is 10.8 Å². The minimum atomic E-state index is 0.804. The van der Waals surface area contributed by atoms with E-state index in [0.717, 1.165) is 5.92 Å². The Labute approximate surface area is 95.7 Å². The molecular weight excluding hydrogens is 196 g/mol. The summed E-state index contributed by atoms with van der Waals surface area (Å²) in [5.74, 6) is 0.804. The van der Waals surface area contributed by atoms with Gasteiger partial charge in [-0.2, -0.15) is 0 Å². The largest absolute Gasteiger partial charge is 0.316 e. The molecule has 1 atom stereocenters. The fourth-order valence-electron chi connectivity index (χ4n) is 2.57. The van der Waals surface area contributed by atoms with Gasteiger partial charge in [-0.3, -0.25) is 4.98 Å². The zero-order valence-electron chi connectivity index (χ0n) is 9.32. The fourth-order valence-corrected chi connectivity index (χ4v) is 2.57. The molecule has 0 amide bonds. The van der Waals surface area contributed by atoms with Crippen LogP contribution >= 0.6 is 0 Å². The summed E-state index contributed by atoms with van der Waals surface area (Å²) in [6, 6.07) is 8.66. The second-order valence-electron chi connectivity index (χ2n) is 4.58. The second-order valence-corrected chi connectivity index (χ2v) is 4.58. The Bertz CT molecular complexity index is 482. The maximum atomic E-state index is 4.17. The SMILES string of the molecule is c1cc(CC2CCNC2)c2ccncc2c1. The van der Waals surface area contributed by atoms with Crippen LogP contribution in [0.15, 0.2) is 36.7 Å². The van der Waals surface area contributed by atoms with E-state index in [1.165, 1.54) is 42.3 Å². The number of fused-ring (bicyclic) bond motifs is 1. The van der Waals surface area contributed by atoms with Crippen molar-refractivity contribution in [3.8, 4) is 0 Å². The van der Waals surface area contributed by atoms with Crippen LogP contribution in [0.2, 0.25) is 0 Å². The third kappa shape index (κ3) is 1.81. The van der Waals surface area contributed by atoms with E-state index in [0.29, 0.717) is 0 Å². The van der Waals surface area contributed by atoms with Crippen molar-refractivity contribution in [2.75, 3.05) is 13.1 Å². The van der Waals surface area contributed by atoms with Gasteiger partial charge in [0.05, 0.1) is 0 Å². The Morgan fingerprint density at radius 1 is 1.31 bits per heavy atom. The van der Waals surface area contributed by atoms with Gasteiger partial charge in [-0.1, -0.05) is 18.2 Å². The number of nitrogens with zero attached hydrogens (tertiary/aromatic N) is 1. The first kappa shape index (κ1) is 9.79. The van der Waals surface area contributed by atoms with Gasteiger partial charge in [0.15, 0.2) is 0 Å². The van der Waals surface area contributed by atoms with Crippen molar-refractivity contribution >= 4 is 10.8 Å². The Hall–Kier alpha value is -1.41. The van der Waals surface area contributed by atoms with Gasteiger partial charge in [-0.05, 0) is 48.9 Å². The number of rotatable bonds is 2. The van der Waals surface area contributed by atoms with Crippen molar-refractivity contribution in [2.24, 2.45) is 5.92 Å². The molecule has 0 spiro atoms. The van der Waals surface area contributed by atoms with E-state index < -0.39 is 0 Å². The van der Waals surface area contributed by atoms with Crippen LogP contribution in [0, 0.1) is 5.92 Å². The lowest BCUT2D eigenvalue weighted by Crippen LogP contribution is -2.10. The summed E-state index contributed by atoms with van der Waals surface area (Å²) in [6.07, 6.45) is 6.33. The van der Waals surface area contributed by atoms with Crippen molar-refractivity contribution in [1.82, 2.24) is 10.3 Å². The monoisotopic (exact) mass is 212 g/mol. The molecule has 16 heavy (non-hydrogen) atoms. The highest BCUT2D eigenvalue weighted by Crippen LogP contribution is 2.22. The number of nitrogens with one attached hydrogen (secondary N) is 1. The molecule has 1 fully saturated rings. The minimum Gasteiger partial charge on any atom is -0.316 e. The third-order valence-electron chi connectivity index (χ3n) is 3.44. The summed E-state index contributed by atoms with van der Waals surface area (Å²) in [5, 5.41) is 6.05. The highest BCUT2D eigenvalue weighted by atomic mass is 14.9. The Morgan fingerprint density at radius 2 is 2.31 bits per heavy atom. The van der Waals surface area contributed by atoms with Gasteiger partial charge in [-0.15, -0.1) is 0 Å². The summed E-state index contributed by atoms with van der Waals surface area (Å²) in [5.41, 5.74) is 1.47. The standard InChI is InChI=1S/C14H16N2/c1-2-12(8-11-4-6-15-9-11)14-5-7-16-10-13(14)3-1/h1-3,5,7,10-11,15H,4,6,8-9H2. The molecule has 82 valence electrons. The number of pyridine rings is 1. The van der Waals surface area contributed by atoms with Gasteiger partial charge in [0, 0.05) is 17.8 Å². The zero-order chi connectivity index (χ0) is 10.8. The van der Waals surface area contributed by atoms with Gasteiger partial charge >= 0.3 is 0 Å². The van der Waals surface area contributed by atoms with Crippen molar-refractivity contribution in [3.05, 3.63) is 42.2 Å². The maximum absolute atomic E-state index is 4.17. The van der Waals surface area contributed by atoms with Crippen LogP contribution in [-0.4, -0.2) is 18.1 Å². The molecule has 1 saturated heterocycles. The molecule has 1 N–H and O–H groups in total. The molecule has 1 aliphatic rings. The Balaban J connectivity index is 1.96. The van der Waals surface area contributed by atoms with E-state index in [9.17, 15) is 0 Å². The molecule has 0 saturated carbocycles. The van der Waals surface area contributed by atoms with Crippen LogP contribution in [0.4, 0.5) is 0 Å². The first-order valence-corrected chi connectivity index (χ1v) is 5.96. The molecule has 2 aromatic rings. The molecule has 0 aliphatic carbocycles. The number of hydrogen-bond acceptors (Lipinski definition) is 2. The average Bonchev–Trinajstić information content (AvgIpc) is 2.82. The normalized spacial score (nSPS) is 20.4. The molecule has 2 nitrogen and oxygen atoms in total. The summed E-state index contributed by atoms with van der Waals surface area (Å²) in [7, 11) is 0. The van der Waals surface area contributed by atoms with Crippen molar-refractivity contribution in [1.29, 1.82) is 0 Å². The van der Waals surface area contributed by atoms with E-state index in [1.54, 1.807) is 0 Å².